The van der Waals surface area contributed by atoms with Gasteiger partial charge in [-0.25, -0.2) is 0 Å². The van der Waals surface area contributed by atoms with Gasteiger partial charge in [-0.15, -0.1) is 0 Å². The van der Waals surface area contributed by atoms with Crippen LogP contribution in [0.3, 0.4) is 0 Å². The number of methoxy groups -OCH3 is 1. The zero-order chi connectivity index (χ0) is 14.8. The number of carbonyl (C=O) groups excluding carboxylic acids is 1. The van der Waals surface area contributed by atoms with Gasteiger partial charge in [0.1, 0.15) is 0 Å². The third-order valence-corrected chi connectivity index (χ3v) is 3.65. The predicted octanol–water partition coefficient (Wildman–Crippen LogP) is 2.72. The molecule has 0 aliphatic heterocycles. The molecule has 0 amide bonds. The Morgan fingerprint density at radius 2 is 1.62 bits per heavy atom. The second-order valence-corrected chi connectivity index (χ2v) is 4.85. The number of aromatic nitrogens is 1. The second-order valence-electron chi connectivity index (χ2n) is 4.85. The molecule has 0 N–H and O–H groups in total. The summed E-state index contributed by atoms with van der Waals surface area (Å²) < 4.78 is 6.30. The molecule has 21 heavy (non-hydrogen) atoms. The standard InChI is InChI=1S/C17H15NO3/c1-21-16(19)10-11-18-15-9-5-4-7-13(15)12-6-2-3-8-14(12)17(18)20/h2-9H,10-11H2,1H3. The Labute approximate surface area is 121 Å². The molecule has 0 aliphatic carbocycles. The number of fused-ring (bicyclic) bond motifs is 3. The maximum Gasteiger partial charge on any atom is 0.307 e. The first-order valence-corrected chi connectivity index (χ1v) is 6.79. The number of carbonyl (C=O) groups is 1. The van der Waals surface area contributed by atoms with Gasteiger partial charge in [0.2, 0.25) is 0 Å². The van der Waals surface area contributed by atoms with Crippen molar-refractivity contribution < 1.29 is 9.53 Å². The van der Waals surface area contributed by atoms with Gasteiger partial charge in [-0.3, -0.25) is 9.59 Å². The fraction of sp³-hybridized carbons (Fsp3) is 0.176. The van der Waals surface area contributed by atoms with E-state index < -0.39 is 0 Å². The minimum absolute atomic E-state index is 0.0757. The molecule has 0 saturated heterocycles. The van der Waals surface area contributed by atoms with Crippen molar-refractivity contribution in [3.8, 4) is 0 Å². The highest BCUT2D eigenvalue weighted by Crippen LogP contribution is 2.22. The third kappa shape index (κ3) is 2.29. The van der Waals surface area contributed by atoms with Crippen LogP contribution in [0.25, 0.3) is 21.7 Å². The SMILES string of the molecule is COC(=O)CCn1c(=O)c2ccccc2c2ccccc21. The topological polar surface area (TPSA) is 48.3 Å². The quantitative estimate of drug-likeness (QED) is 0.548. The molecule has 0 aliphatic rings. The van der Waals surface area contributed by atoms with Crippen LogP contribution in [0.4, 0.5) is 0 Å². The first-order chi connectivity index (χ1) is 10.2. The zero-order valence-electron chi connectivity index (χ0n) is 11.7. The summed E-state index contributed by atoms with van der Waals surface area (Å²) in [6.07, 6.45) is 0.179. The Bertz CT molecular complexity index is 880. The van der Waals surface area contributed by atoms with E-state index in [0.29, 0.717) is 11.9 Å². The number of hydrogen-bond acceptors (Lipinski definition) is 3. The molecule has 0 fully saturated rings. The van der Waals surface area contributed by atoms with Crippen LogP contribution in [0.5, 0.6) is 0 Å². The zero-order valence-corrected chi connectivity index (χ0v) is 11.7. The Kier molecular flexibility index (Phi) is 3.44. The maximum atomic E-state index is 12.7. The molecular formula is C17H15NO3. The van der Waals surface area contributed by atoms with Crippen molar-refractivity contribution >= 4 is 27.6 Å². The minimum Gasteiger partial charge on any atom is -0.469 e. The monoisotopic (exact) mass is 281 g/mol. The average molecular weight is 281 g/mol. The average Bonchev–Trinajstić information content (AvgIpc) is 2.54. The smallest absolute Gasteiger partial charge is 0.307 e. The van der Waals surface area contributed by atoms with Crippen molar-refractivity contribution in [1.82, 2.24) is 4.57 Å². The van der Waals surface area contributed by atoms with Gasteiger partial charge in [0.25, 0.3) is 5.56 Å². The van der Waals surface area contributed by atoms with Gasteiger partial charge in [-0.1, -0.05) is 36.4 Å². The molecule has 4 heteroatoms. The number of rotatable bonds is 3. The van der Waals surface area contributed by atoms with Crippen molar-refractivity contribution in [2.75, 3.05) is 7.11 Å². The number of esters is 1. The van der Waals surface area contributed by atoms with Gasteiger partial charge in [-0.2, -0.15) is 0 Å². The van der Waals surface area contributed by atoms with Crippen LogP contribution in [-0.4, -0.2) is 17.6 Å². The van der Waals surface area contributed by atoms with Gasteiger partial charge in [0.15, 0.2) is 0 Å². The fourth-order valence-corrected chi connectivity index (χ4v) is 2.62. The highest BCUT2D eigenvalue weighted by atomic mass is 16.5. The summed E-state index contributed by atoms with van der Waals surface area (Å²) in [5.41, 5.74) is 0.762. The first kappa shape index (κ1) is 13.4. The highest BCUT2D eigenvalue weighted by molar-refractivity contribution is 6.05. The van der Waals surface area contributed by atoms with Gasteiger partial charge in [0.05, 0.1) is 19.0 Å². The molecule has 4 nitrogen and oxygen atoms in total. The predicted molar refractivity (Wildman–Crippen MR) is 82.3 cm³/mol. The molecule has 106 valence electrons. The number of para-hydroxylation sites is 1. The van der Waals surface area contributed by atoms with E-state index >= 15 is 0 Å². The summed E-state index contributed by atoms with van der Waals surface area (Å²) in [5, 5.41) is 2.62. The third-order valence-electron chi connectivity index (χ3n) is 3.65. The maximum absolute atomic E-state index is 12.7. The molecule has 2 aromatic carbocycles. The number of ether oxygens (including phenoxy) is 1. The molecule has 1 aromatic heterocycles. The highest BCUT2D eigenvalue weighted by Gasteiger charge is 2.11. The van der Waals surface area contributed by atoms with Crippen LogP contribution in [0.1, 0.15) is 6.42 Å². The number of aryl methyl sites for hydroxylation is 1. The van der Waals surface area contributed by atoms with E-state index in [9.17, 15) is 9.59 Å². The molecule has 1 heterocycles. The largest absolute Gasteiger partial charge is 0.469 e. The number of benzene rings is 2. The van der Waals surface area contributed by atoms with E-state index in [-0.39, 0.29) is 17.9 Å². The van der Waals surface area contributed by atoms with Crippen LogP contribution in [0.2, 0.25) is 0 Å². The van der Waals surface area contributed by atoms with Gasteiger partial charge in [0, 0.05) is 17.3 Å². The van der Waals surface area contributed by atoms with Gasteiger partial charge >= 0.3 is 5.97 Å². The van der Waals surface area contributed by atoms with Crippen LogP contribution in [-0.2, 0) is 16.1 Å². The molecule has 0 spiro atoms. The lowest BCUT2D eigenvalue weighted by molar-refractivity contribution is -0.140. The number of nitrogens with zero attached hydrogens (tertiary/aromatic N) is 1. The Morgan fingerprint density at radius 1 is 1.00 bits per heavy atom. The van der Waals surface area contributed by atoms with E-state index in [0.717, 1.165) is 16.3 Å². The second kappa shape index (κ2) is 5.40. The van der Waals surface area contributed by atoms with Gasteiger partial charge in [-0.05, 0) is 17.5 Å². The molecular weight excluding hydrogens is 266 g/mol. The van der Waals surface area contributed by atoms with E-state index in [1.54, 1.807) is 4.57 Å². The Morgan fingerprint density at radius 3 is 2.33 bits per heavy atom. The molecule has 0 radical (unpaired) electrons. The van der Waals surface area contributed by atoms with Crippen LogP contribution in [0, 0.1) is 0 Å². The van der Waals surface area contributed by atoms with Crippen molar-refractivity contribution in [1.29, 1.82) is 0 Å². The Hall–Kier alpha value is -2.62. The fourth-order valence-electron chi connectivity index (χ4n) is 2.62. The lowest BCUT2D eigenvalue weighted by Crippen LogP contribution is -2.22. The first-order valence-electron chi connectivity index (χ1n) is 6.79. The summed E-state index contributed by atoms with van der Waals surface area (Å²) in [4.78, 5) is 24.0. The number of hydrogen-bond donors (Lipinski definition) is 0. The molecule has 0 atom stereocenters. The molecule has 0 unspecified atom stereocenters. The van der Waals surface area contributed by atoms with E-state index in [1.807, 2.05) is 48.5 Å². The van der Waals surface area contributed by atoms with Crippen LogP contribution in [0.15, 0.2) is 53.3 Å². The summed E-state index contributed by atoms with van der Waals surface area (Å²) >= 11 is 0. The van der Waals surface area contributed by atoms with Crippen LogP contribution < -0.4 is 5.56 Å². The van der Waals surface area contributed by atoms with Crippen molar-refractivity contribution in [2.45, 2.75) is 13.0 Å². The summed E-state index contributed by atoms with van der Waals surface area (Å²) in [6, 6.07) is 15.3. The van der Waals surface area contributed by atoms with E-state index in [2.05, 4.69) is 4.74 Å². The normalized spacial score (nSPS) is 10.9. The minimum atomic E-state index is -0.320. The molecule has 3 aromatic rings. The summed E-state index contributed by atoms with van der Waals surface area (Å²) in [5.74, 6) is -0.320. The summed E-state index contributed by atoms with van der Waals surface area (Å²) in [6.45, 7) is 0.316. The lowest BCUT2D eigenvalue weighted by Gasteiger charge is -2.12. The van der Waals surface area contributed by atoms with Crippen molar-refractivity contribution in [3.05, 3.63) is 58.9 Å². The van der Waals surface area contributed by atoms with Crippen molar-refractivity contribution in [2.24, 2.45) is 0 Å². The van der Waals surface area contributed by atoms with E-state index in [1.165, 1.54) is 7.11 Å². The summed E-state index contributed by atoms with van der Waals surface area (Å²) in [7, 11) is 1.35. The molecule has 3 rings (SSSR count). The Balaban J connectivity index is 2.28. The lowest BCUT2D eigenvalue weighted by atomic mass is 10.1. The van der Waals surface area contributed by atoms with Gasteiger partial charge < -0.3 is 9.30 Å². The van der Waals surface area contributed by atoms with E-state index in [4.69, 9.17) is 0 Å². The van der Waals surface area contributed by atoms with Crippen molar-refractivity contribution in [3.63, 3.8) is 0 Å². The van der Waals surface area contributed by atoms with Crippen LogP contribution >= 0.6 is 0 Å². The molecule has 0 bridgehead atoms. The molecule has 0 saturated carbocycles. The number of pyridine rings is 1.